The highest BCUT2D eigenvalue weighted by atomic mass is 16.5. The van der Waals surface area contributed by atoms with E-state index in [0.717, 1.165) is 38.7 Å². The van der Waals surface area contributed by atoms with Gasteiger partial charge in [0.1, 0.15) is 0 Å². The second-order valence-corrected chi connectivity index (χ2v) is 5.27. The predicted molar refractivity (Wildman–Crippen MR) is 66.5 cm³/mol. The van der Waals surface area contributed by atoms with Crippen LogP contribution in [0.25, 0.3) is 0 Å². The standard InChI is InChI=1S/C13H24N2O2/c1-2-3-4-7-10(16)15-12-11(14)9-6-5-8-17-13(9)12/h9,11-13H,2-8,14H2,1H3,(H,15,16). The second kappa shape index (κ2) is 5.83. The minimum absolute atomic E-state index is 0.0504. The molecule has 98 valence electrons. The van der Waals surface area contributed by atoms with Crippen LogP contribution in [0, 0.1) is 5.92 Å². The fourth-order valence-electron chi connectivity index (χ4n) is 2.92. The third-order valence-corrected chi connectivity index (χ3v) is 4.01. The molecular weight excluding hydrogens is 216 g/mol. The fraction of sp³-hybridized carbons (Fsp3) is 0.923. The van der Waals surface area contributed by atoms with Crippen molar-refractivity contribution in [1.82, 2.24) is 5.32 Å². The molecule has 0 spiro atoms. The first-order valence-electron chi connectivity index (χ1n) is 6.90. The first-order chi connectivity index (χ1) is 8.24. The van der Waals surface area contributed by atoms with Gasteiger partial charge in [-0.15, -0.1) is 0 Å². The topological polar surface area (TPSA) is 64.4 Å². The molecule has 2 rings (SSSR count). The van der Waals surface area contributed by atoms with Crippen molar-refractivity contribution in [1.29, 1.82) is 0 Å². The van der Waals surface area contributed by atoms with Crippen LogP contribution in [0.2, 0.25) is 0 Å². The van der Waals surface area contributed by atoms with Gasteiger partial charge in [-0.2, -0.15) is 0 Å². The van der Waals surface area contributed by atoms with Crippen LogP contribution in [0.3, 0.4) is 0 Å². The predicted octanol–water partition coefficient (Wildman–Crippen LogP) is 1.19. The van der Waals surface area contributed by atoms with Gasteiger partial charge in [0.25, 0.3) is 0 Å². The van der Waals surface area contributed by atoms with Crippen molar-refractivity contribution in [2.45, 2.75) is 63.6 Å². The van der Waals surface area contributed by atoms with E-state index in [2.05, 4.69) is 12.2 Å². The number of nitrogens with one attached hydrogen (secondary N) is 1. The second-order valence-electron chi connectivity index (χ2n) is 5.27. The molecule has 4 heteroatoms. The van der Waals surface area contributed by atoms with Gasteiger partial charge in [0.2, 0.25) is 5.91 Å². The minimum Gasteiger partial charge on any atom is -0.376 e. The van der Waals surface area contributed by atoms with E-state index in [1.807, 2.05) is 0 Å². The highest BCUT2D eigenvalue weighted by Gasteiger charge is 2.50. The third kappa shape index (κ3) is 2.80. The smallest absolute Gasteiger partial charge is 0.220 e. The first kappa shape index (κ1) is 12.8. The lowest BCUT2D eigenvalue weighted by molar-refractivity contribution is -0.139. The molecule has 4 unspecified atom stereocenters. The summed E-state index contributed by atoms with van der Waals surface area (Å²) < 4.78 is 5.69. The van der Waals surface area contributed by atoms with Crippen LogP contribution in [-0.4, -0.2) is 30.7 Å². The number of hydrogen-bond acceptors (Lipinski definition) is 3. The Hall–Kier alpha value is -0.610. The average molecular weight is 240 g/mol. The Morgan fingerprint density at radius 1 is 1.47 bits per heavy atom. The zero-order valence-corrected chi connectivity index (χ0v) is 10.7. The van der Waals surface area contributed by atoms with E-state index in [1.54, 1.807) is 0 Å². The molecule has 4 nitrogen and oxygen atoms in total. The summed E-state index contributed by atoms with van der Waals surface area (Å²) in [6.07, 6.45) is 6.28. The molecule has 1 amide bonds. The van der Waals surface area contributed by atoms with E-state index in [-0.39, 0.29) is 24.1 Å². The molecule has 17 heavy (non-hydrogen) atoms. The average Bonchev–Trinajstić information content (AvgIpc) is 2.36. The fourth-order valence-corrected chi connectivity index (χ4v) is 2.92. The number of carbonyl (C=O) groups excluding carboxylic acids is 1. The molecular formula is C13H24N2O2. The van der Waals surface area contributed by atoms with Crippen LogP contribution >= 0.6 is 0 Å². The Labute approximate surface area is 103 Å². The van der Waals surface area contributed by atoms with Gasteiger partial charge in [-0.25, -0.2) is 0 Å². The van der Waals surface area contributed by atoms with Gasteiger partial charge in [0, 0.05) is 25.0 Å². The Morgan fingerprint density at radius 2 is 2.29 bits per heavy atom. The molecule has 2 aliphatic rings. The van der Waals surface area contributed by atoms with Gasteiger partial charge in [0.05, 0.1) is 12.1 Å². The Morgan fingerprint density at radius 3 is 3.06 bits per heavy atom. The highest BCUT2D eigenvalue weighted by Crippen LogP contribution is 2.36. The molecule has 3 N–H and O–H groups in total. The summed E-state index contributed by atoms with van der Waals surface area (Å²) in [6.45, 7) is 2.95. The first-order valence-corrected chi connectivity index (χ1v) is 6.90. The van der Waals surface area contributed by atoms with Crippen LogP contribution in [0.15, 0.2) is 0 Å². The molecule has 1 saturated carbocycles. The van der Waals surface area contributed by atoms with Crippen LogP contribution in [0.5, 0.6) is 0 Å². The SMILES string of the molecule is CCCCCC(=O)NC1C(N)C2CCCOC21. The Bertz CT molecular complexity index is 270. The number of unbranched alkanes of at least 4 members (excludes halogenated alkanes) is 2. The van der Waals surface area contributed by atoms with Gasteiger partial charge >= 0.3 is 0 Å². The van der Waals surface area contributed by atoms with Gasteiger partial charge < -0.3 is 15.8 Å². The molecule has 1 aliphatic carbocycles. The van der Waals surface area contributed by atoms with Gasteiger partial charge in [-0.1, -0.05) is 19.8 Å². The number of rotatable bonds is 5. The molecule has 0 aromatic heterocycles. The molecule has 1 saturated heterocycles. The summed E-state index contributed by atoms with van der Waals surface area (Å²) in [5.41, 5.74) is 6.09. The van der Waals surface area contributed by atoms with Crippen molar-refractivity contribution in [3.05, 3.63) is 0 Å². The van der Waals surface area contributed by atoms with E-state index in [1.165, 1.54) is 0 Å². The maximum absolute atomic E-state index is 11.7. The molecule has 1 heterocycles. The van der Waals surface area contributed by atoms with Crippen molar-refractivity contribution < 1.29 is 9.53 Å². The summed E-state index contributed by atoms with van der Waals surface area (Å²) in [5, 5.41) is 3.04. The van der Waals surface area contributed by atoms with Crippen molar-refractivity contribution in [2.75, 3.05) is 6.61 Å². The molecule has 4 atom stereocenters. The van der Waals surface area contributed by atoms with E-state index in [4.69, 9.17) is 10.5 Å². The number of carbonyl (C=O) groups is 1. The van der Waals surface area contributed by atoms with E-state index in [0.29, 0.717) is 12.3 Å². The molecule has 0 radical (unpaired) electrons. The maximum Gasteiger partial charge on any atom is 0.220 e. The molecule has 1 aliphatic heterocycles. The lowest BCUT2D eigenvalue weighted by Crippen LogP contribution is -2.72. The van der Waals surface area contributed by atoms with E-state index < -0.39 is 0 Å². The van der Waals surface area contributed by atoms with Crippen LogP contribution in [-0.2, 0) is 9.53 Å². The van der Waals surface area contributed by atoms with Crippen molar-refractivity contribution in [3.8, 4) is 0 Å². The van der Waals surface area contributed by atoms with Crippen LogP contribution in [0.4, 0.5) is 0 Å². The zero-order chi connectivity index (χ0) is 12.3. The van der Waals surface area contributed by atoms with Crippen LogP contribution in [0.1, 0.15) is 45.4 Å². The van der Waals surface area contributed by atoms with Crippen molar-refractivity contribution >= 4 is 5.91 Å². The van der Waals surface area contributed by atoms with Crippen LogP contribution < -0.4 is 11.1 Å². The van der Waals surface area contributed by atoms with E-state index >= 15 is 0 Å². The van der Waals surface area contributed by atoms with Gasteiger partial charge in [-0.05, 0) is 19.3 Å². The summed E-state index contributed by atoms with van der Waals surface area (Å²) in [6, 6.07) is 0.143. The normalized spacial score (nSPS) is 35.9. The summed E-state index contributed by atoms with van der Waals surface area (Å²) >= 11 is 0. The summed E-state index contributed by atoms with van der Waals surface area (Å²) in [5.74, 6) is 0.594. The number of nitrogens with two attached hydrogens (primary N) is 1. The molecule has 0 aromatic rings. The highest BCUT2D eigenvalue weighted by molar-refractivity contribution is 5.76. The number of hydrogen-bond donors (Lipinski definition) is 2. The van der Waals surface area contributed by atoms with Gasteiger partial charge in [0.15, 0.2) is 0 Å². The molecule has 0 aromatic carbocycles. The Kier molecular flexibility index (Phi) is 4.40. The summed E-state index contributed by atoms with van der Waals surface area (Å²) in [7, 11) is 0. The largest absolute Gasteiger partial charge is 0.376 e. The third-order valence-electron chi connectivity index (χ3n) is 4.01. The lowest BCUT2D eigenvalue weighted by atomic mass is 9.68. The summed E-state index contributed by atoms with van der Waals surface area (Å²) in [4.78, 5) is 11.7. The monoisotopic (exact) mass is 240 g/mol. The minimum atomic E-state index is 0.0504. The van der Waals surface area contributed by atoms with Crippen molar-refractivity contribution in [2.24, 2.45) is 11.7 Å². The quantitative estimate of drug-likeness (QED) is 0.709. The number of amides is 1. The number of ether oxygens (including phenoxy) is 1. The Balaban J connectivity index is 1.73. The molecule has 2 fully saturated rings. The van der Waals surface area contributed by atoms with Crippen molar-refractivity contribution in [3.63, 3.8) is 0 Å². The number of fused-ring (bicyclic) bond motifs is 1. The maximum atomic E-state index is 11.7. The lowest BCUT2D eigenvalue weighted by Gasteiger charge is -2.52. The van der Waals surface area contributed by atoms with E-state index in [9.17, 15) is 4.79 Å². The zero-order valence-electron chi connectivity index (χ0n) is 10.7. The van der Waals surface area contributed by atoms with Gasteiger partial charge in [-0.3, -0.25) is 4.79 Å². The molecule has 0 bridgehead atoms.